The molecule has 0 saturated carbocycles. The highest BCUT2D eigenvalue weighted by atomic mass is 32.1. The van der Waals surface area contributed by atoms with E-state index in [0.717, 1.165) is 23.2 Å². The van der Waals surface area contributed by atoms with Gasteiger partial charge in [0.15, 0.2) is 5.13 Å². The van der Waals surface area contributed by atoms with Gasteiger partial charge in [0.25, 0.3) is 0 Å². The number of carbonyl (C=O) groups is 1. The third kappa shape index (κ3) is 4.97. The van der Waals surface area contributed by atoms with E-state index in [1.807, 2.05) is 29.6 Å². The van der Waals surface area contributed by atoms with E-state index >= 15 is 0 Å². The first-order valence-electron chi connectivity index (χ1n) is 8.34. The fourth-order valence-corrected chi connectivity index (χ4v) is 3.33. The number of benzene rings is 1. The number of pyridine rings is 1. The van der Waals surface area contributed by atoms with Crippen molar-refractivity contribution in [1.29, 1.82) is 0 Å². The van der Waals surface area contributed by atoms with E-state index in [-0.39, 0.29) is 5.91 Å². The second-order valence-corrected chi connectivity index (χ2v) is 7.28. The number of aromatic nitrogens is 2. The van der Waals surface area contributed by atoms with Gasteiger partial charge in [0.05, 0.1) is 12.1 Å². The van der Waals surface area contributed by atoms with Crippen LogP contribution < -0.4 is 5.32 Å². The molecule has 1 N–H and O–H groups in total. The predicted octanol–water partition coefficient (Wildman–Crippen LogP) is 4.58. The molecule has 1 amide bonds. The first-order chi connectivity index (χ1) is 12.1. The average molecular weight is 351 g/mol. The Kier molecular flexibility index (Phi) is 5.56. The van der Waals surface area contributed by atoms with Gasteiger partial charge in [-0.25, -0.2) is 4.98 Å². The van der Waals surface area contributed by atoms with Gasteiger partial charge in [-0.3, -0.25) is 9.78 Å². The van der Waals surface area contributed by atoms with E-state index < -0.39 is 0 Å². The number of carbonyl (C=O) groups excluding carboxylic acids is 1. The van der Waals surface area contributed by atoms with E-state index in [9.17, 15) is 4.79 Å². The zero-order chi connectivity index (χ0) is 17.6. The fourth-order valence-electron chi connectivity index (χ4n) is 2.59. The van der Waals surface area contributed by atoms with Crippen LogP contribution in [0.25, 0.3) is 11.3 Å². The Morgan fingerprint density at radius 1 is 1.16 bits per heavy atom. The highest BCUT2D eigenvalue weighted by Gasteiger charge is 2.09. The lowest BCUT2D eigenvalue weighted by Gasteiger charge is -2.06. The molecule has 2 aromatic heterocycles. The highest BCUT2D eigenvalue weighted by Crippen LogP contribution is 2.24. The Morgan fingerprint density at radius 2 is 1.92 bits per heavy atom. The average Bonchev–Trinajstić information content (AvgIpc) is 3.05. The van der Waals surface area contributed by atoms with Crippen LogP contribution in [-0.2, 0) is 17.6 Å². The van der Waals surface area contributed by atoms with E-state index in [1.165, 1.54) is 16.9 Å². The Balaban J connectivity index is 1.58. The lowest BCUT2D eigenvalue weighted by atomic mass is 10.0. The number of hydrogen-bond acceptors (Lipinski definition) is 4. The van der Waals surface area contributed by atoms with Crippen LogP contribution in [0.1, 0.15) is 25.0 Å². The van der Waals surface area contributed by atoms with Crippen molar-refractivity contribution in [2.75, 3.05) is 5.32 Å². The molecule has 25 heavy (non-hydrogen) atoms. The molecule has 0 fully saturated rings. The number of hydrogen-bond donors (Lipinski definition) is 1. The van der Waals surface area contributed by atoms with Crippen LogP contribution in [0.5, 0.6) is 0 Å². The zero-order valence-corrected chi connectivity index (χ0v) is 15.2. The van der Waals surface area contributed by atoms with Crippen LogP contribution in [0.15, 0.2) is 54.2 Å². The van der Waals surface area contributed by atoms with Crippen molar-refractivity contribution in [3.8, 4) is 11.3 Å². The summed E-state index contributed by atoms with van der Waals surface area (Å²) in [6, 6.07) is 12.1. The Morgan fingerprint density at radius 3 is 2.60 bits per heavy atom. The van der Waals surface area contributed by atoms with Gasteiger partial charge in [-0.1, -0.05) is 38.1 Å². The monoisotopic (exact) mass is 351 g/mol. The molecule has 2 heterocycles. The molecular weight excluding hydrogens is 330 g/mol. The summed E-state index contributed by atoms with van der Waals surface area (Å²) in [6.45, 7) is 4.41. The quantitative estimate of drug-likeness (QED) is 0.707. The number of nitrogens with zero attached hydrogens (tertiary/aromatic N) is 2. The van der Waals surface area contributed by atoms with Crippen molar-refractivity contribution in [3.05, 3.63) is 65.3 Å². The van der Waals surface area contributed by atoms with Gasteiger partial charge in [-0.15, -0.1) is 11.3 Å². The van der Waals surface area contributed by atoms with Crippen LogP contribution in [-0.4, -0.2) is 15.9 Å². The number of amides is 1. The van der Waals surface area contributed by atoms with Crippen molar-refractivity contribution >= 4 is 22.4 Å². The summed E-state index contributed by atoms with van der Waals surface area (Å²) in [5.74, 6) is 0.580. The summed E-state index contributed by atoms with van der Waals surface area (Å²) in [6.07, 6.45) is 4.90. The van der Waals surface area contributed by atoms with Gasteiger partial charge >= 0.3 is 0 Å². The minimum atomic E-state index is -0.0521. The standard InChI is InChI=1S/C20H21N3OS/c1-14(2)10-15-5-7-16(8-6-15)11-19(24)23-20-22-18(13-25-20)17-4-3-9-21-12-17/h3-9,12-14H,10-11H2,1-2H3,(H,22,23,24). The molecule has 128 valence electrons. The van der Waals surface area contributed by atoms with E-state index in [4.69, 9.17) is 0 Å². The van der Waals surface area contributed by atoms with Crippen molar-refractivity contribution in [2.45, 2.75) is 26.7 Å². The van der Waals surface area contributed by atoms with Crippen molar-refractivity contribution in [2.24, 2.45) is 5.92 Å². The Hall–Kier alpha value is -2.53. The molecule has 0 atom stereocenters. The number of thiazole rings is 1. The van der Waals surface area contributed by atoms with Crippen molar-refractivity contribution < 1.29 is 4.79 Å². The van der Waals surface area contributed by atoms with Gasteiger partial charge in [0, 0.05) is 23.3 Å². The summed E-state index contributed by atoms with van der Waals surface area (Å²) in [7, 11) is 0. The lowest BCUT2D eigenvalue weighted by Crippen LogP contribution is -2.14. The molecular formula is C20H21N3OS. The topological polar surface area (TPSA) is 54.9 Å². The fraction of sp³-hybridized carbons (Fsp3) is 0.250. The summed E-state index contributed by atoms with van der Waals surface area (Å²) in [5, 5.41) is 5.41. The normalized spacial score (nSPS) is 10.8. The number of anilines is 1. The third-order valence-corrected chi connectivity index (χ3v) is 4.50. The molecule has 0 aliphatic carbocycles. The molecule has 3 aromatic rings. The second kappa shape index (κ2) is 8.03. The molecule has 1 aromatic carbocycles. The predicted molar refractivity (Wildman–Crippen MR) is 103 cm³/mol. The van der Waals surface area contributed by atoms with Gasteiger partial charge in [-0.2, -0.15) is 0 Å². The third-order valence-electron chi connectivity index (χ3n) is 3.74. The Bertz CT molecular complexity index is 826. The van der Waals surface area contributed by atoms with Gasteiger partial charge in [0.2, 0.25) is 5.91 Å². The van der Waals surface area contributed by atoms with Crippen LogP contribution in [0, 0.1) is 5.92 Å². The maximum Gasteiger partial charge on any atom is 0.230 e. The first kappa shape index (κ1) is 17.3. The van der Waals surface area contributed by atoms with Crippen LogP contribution in [0.3, 0.4) is 0 Å². The molecule has 0 saturated heterocycles. The van der Waals surface area contributed by atoms with Gasteiger partial charge < -0.3 is 5.32 Å². The molecule has 0 spiro atoms. The van der Waals surface area contributed by atoms with Gasteiger partial charge in [0.1, 0.15) is 0 Å². The van der Waals surface area contributed by atoms with Crippen LogP contribution in [0.4, 0.5) is 5.13 Å². The second-order valence-electron chi connectivity index (χ2n) is 6.42. The number of nitrogens with one attached hydrogen (secondary N) is 1. The summed E-state index contributed by atoms with van der Waals surface area (Å²) < 4.78 is 0. The highest BCUT2D eigenvalue weighted by molar-refractivity contribution is 7.14. The maximum absolute atomic E-state index is 12.2. The molecule has 0 aliphatic heterocycles. The maximum atomic E-state index is 12.2. The van der Waals surface area contributed by atoms with Crippen molar-refractivity contribution in [3.63, 3.8) is 0 Å². The Labute approximate surface area is 152 Å². The molecule has 0 bridgehead atoms. The summed E-state index contributed by atoms with van der Waals surface area (Å²) in [5.41, 5.74) is 4.08. The molecule has 0 radical (unpaired) electrons. The van der Waals surface area contributed by atoms with Crippen molar-refractivity contribution in [1.82, 2.24) is 9.97 Å². The lowest BCUT2D eigenvalue weighted by molar-refractivity contribution is -0.115. The summed E-state index contributed by atoms with van der Waals surface area (Å²) >= 11 is 1.42. The molecule has 3 rings (SSSR count). The SMILES string of the molecule is CC(C)Cc1ccc(CC(=O)Nc2nc(-c3cccnc3)cs2)cc1. The van der Waals surface area contributed by atoms with E-state index in [0.29, 0.717) is 17.5 Å². The van der Waals surface area contributed by atoms with E-state index in [1.54, 1.807) is 12.4 Å². The van der Waals surface area contributed by atoms with Crippen LogP contribution in [0.2, 0.25) is 0 Å². The molecule has 0 aliphatic rings. The van der Waals surface area contributed by atoms with E-state index in [2.05, 4.69) is 41.3 Å². The summed E-state index contributed by atoms with van der Waals surface area (Å²) in [4.78, 5) is 20.8. The minimum absolute atomic E-state index is 0.0521. The molecule has 4 nitrogen and oxygen atoms in total. The largest absolute Gasteiger partial charge is 0.302 e. The minimum Gasteiger partial charge on any atom is -0.302 e. The molecule has 5 heteroatoms. The smallest absolute Gasteiger partial charge is 0.230 e. The number of rotatable bonds is 6. The van der Waals surface area contributed by atoms with Gasteiger partial charge in [-0.05, 0) is 35.6 Å². The molecule has 0 unspecified atom stereocenters. The van der Waals surface area contributed by atoms with Crippen LogP contribution >= 0.6 is 11.3 Å². The first-order valence-corrected chi connectivity index (χ1v) is 9.21. The zero-order valence-electron chi connectivity index (χ0n) is 14.4.